The van der Waals surface area contributed by atoms with E-state index < -0.39 is 10.0 Å². The van der Waals surface area contributed by atoms with Crippen LogP contribution in [-0.2, 0) is 30.2 Å². The third-order valence-corrected chi connectivity index (χ3v) is 3.67. The van der Waals surface area contributed by atoms with E-state index in [1.54, 1.807) is 7.05 Å². The molecule has 0 aromatic carbocycles. The fourth-order valence-corrected chi connectivity index (χ4v) is 2.35. The van der Waals surface area contributed by atoms with E-state index in [1.165, 1.54) is 28.1 Å². The highest BCUT2D eigenvalue weighted by Gasteiger charge is 2.16. The first-order chi connectivity index (χ1) is 9.01. The molecule has 2 N–H and O–H groups in total. The average molecular weight is 286 g/mol. The Balaban J connectivity index is 2.04. The van der Waals surface area contributed by atoms with Gasteiger partial charge in [-0.15, -0.1) is 0 Å². The van der Waals surface area contributed by atoms with Crippen LogP contribution in [0, 0.1) is 0 Å². The Labute approximate surface area is 109 Å². The number of aliphatic hydroxyl groups excluding tert-OH is 1. The zero-order chi connectivity index (χ0) is 13.9. The normalized spacial score (nSPS) is 11.9. The Morgan fingerprint density at radius 3 is 2.89 bits per heavy atom. The topological polar surface area (TPSA) is 115 Å². The first-order valence-electron chi connectivity index (χ1n) is 5.49. The second kappa shape index (κ2) is 5.47. The van der Waals surface area contributed by atoms with Gasteiger partial charge in [0.05, 0.1) is 25.9 Å². The van der Waals surface area contributed by atoms with Gasteiger partial charge in [-0.1, -0.05) is 0 Å². The Morgan fingerprint density at radius 2 is 2.26 bits per heavy atom. The van der Waals surface area contributed by atoms with Crippen LogP contribution in [0.3, 0.4) is 0 Å². The van der Waals surface area contributed by atoms with Gasteiger partial charge < -0.3 is 5.11 Å². The minimum absolute atomic E-state index is 0.00829. The molecule has 10 heteroatoms. The van der Waals surface area contributed by atoms with Gasteiger partial charge in [0.1, 0.15) is 11.2 Å². The Morgan fingerprint density at radius 1 is 1.47 bits per heavy atom. The second-order valence-electron chi connectivity index (χ2n) is 3.82. The fraction of sp³-hybridized carbons (Fsp3) is 0.444. The molecule has 0 fully saturated rings. The number of hydrogen-bond acceptors (Lipinski definition) is 6. The molecule has 2 heterocycles. The lowest BCUT2D eigenvalue weighted by molar-refractivity contribution is 0.269. The van der Waals surface area contributed by atoms with Crippen LogP contribution in [0.1, 0.15) is 5.82 Å². The van der Waals surface area contributed by atoms with Gasteiger partial charge in [-0.25, -0.2) is 18.1 Å². The van der Waals surface area contributed by atoms with Crippen LogP contribution in [-0.4, -0.2) is 44.7 Å². The molecule has 2 aromatic heterocycles. The van der Waals surface area contributed by atoms with Crippen molar-refractivity contribution in [2.24, 2.45) is 7.05 Å². The molecule has 0 saturated carbocycles. The van der Waals surface area contributed by atoms with Gasteiger partial charge in [0.25, 0.3) is 0 Å². The van der Waals surface area contributed by atoms with Crippen LogP contribution in [0.15, 0.2) is 23.6 Å². The minimum atomic E-state index is -3.65. The van der Waals surface area contributed by atoms with Crippen LogP contribution in [0.25, 0.3) is 0 Å². The van der Waals surface area contributed by atoms with Gasteiger partial charge in [0, 0.05) is 13.2 Å². The van der Waals surface area contributed by atoms with Crippen molar-refractivity contribution in [1.29, 1.82) is 0 Å². The third kappa shape index (κ3) is 3.36. The Bertz CT molecular complexity index is 646. The summed E-state index contributed by atoms with van der Waals surface area (Å²) < 4.78 is 29.1. The molecule has 0 radical (unpaired) electrons. The van der Waals surface area contributed by atoms with Crippen molar-refractivity contribution < 1.29 is 13.5 Å². The van der Waals surface area contributed by atoms with Gasteiger partial charge in [0.2, 0.25) is 10.0 Å². The highest BCUT2D eigenvalue weighted by atomic mass is 32.2. The number of rotatable bonds is 6. The number of hydrogen-bond donors (Lipinski definition) is 2. The molecule has 2 aromatic rings. The number of nitrogens with zero attached hydrogens (tertiary/aromatic N) is 5. The summed E-state index contributed by atoms with van der Waals surface area (Å²) in [6.45, 7) is 0.151. The van der Waals surface area contributed by atoms with Gasteiger partial charge in [-0.3, -0.25) is 9.36 Å². The van der Waals surface area contributed by atoms with Crippen LogP contribution in [0.5, 0.6) is 0 Å². The zero-order valence-electron chi connectivity index (χ0n) is 10.3. The standard InChI is InChI=1S/C9H14N6O3S/c1-14-7-10-9(13-14)5-12-19(17,18)8-4-11-15(6-8)2-3-16/h4,6-7,12,16H,2-3,5H2,1H3. The molecule has 0 atom stereocenters. The summed E-state index contributed by atoms with van der Waals surface area (Å²) in [4.78, 5) is 3.96. The Hall–Kier alpha value is -1.78. The molecule has 0 unspecified atom stereocenters. The molecule has 0 aliphatic heterocycles. The maximum Gasteiger partial charge on any atom is 0.244 e. The monoisotopic (exact) mass is 286 g/mol. The molecule has 2 rings (SSSR count). The van der Waals surface area contributed by atoms with Crippen LogP contribution in [0.2, 0.25) is 0 Å². The fourth-order valence-electron chi connectivity index (χ4n) is 1.42. The van der Waals surface area contributed by atoms with E-state index in [-0.39, 0.29) is 24.6 Å². The molecular weight excluding hydrogens is 272 g/mol. The molecule has 0 saturated heterocycles. The van der Waals surface area contributed by atoms with Crippen molar-refractivity contribution in [1.82, 2.24) is 29.3 Å². The van der Waals surface area contributed by atoms with E-state index in [4.69, 9.17) is 5.11 Å². The SMILES string of the molecule is Cn1cnc(CNS(=O)(=O)c2cnn(CCO)c2)n1. The van der Waals surface area contributed by atoms with E-state index in [1.807, 2.05) is 0 Å². The van der Waals surface area contributed by atoms with Gasteiger partial charge in [-0.2, -0.15) is 10.2 Å². The quantitative estimate of drug-likeness (QED) is 0.666. The molecule has 104 valence electrons. The van der Waals surface area contributed by atoms with Crippen molar-refractivity contribution in [3.05, 3.63) is 24.5 Å². The van der Waals surface area contributed by atoms with E-state index in [0.29, 0.717) is 5.82 Å². The van der Waals surface area contributed by atoms with Crippen molar-refractivity contribution in [3.8, 4) is 0 Å². The summed E-state index contributed by atoms with van der Waals surface area (Å²) in [5.41, 5.74) is 0. The average Bonchev–Trinajstić information content (AvgIpc) is 2.97. The van der Waals surface area contributed by atoms with E-state index in [2.05, 4.69) is 19.9 Å². The molecular formula is C9H14N6O3S. The largest absolute Gasteiger partial charge is 0.394 e. The zero-order valence-corrected chi connectivity index (χ0v) is 11.1. The lowest BCUT2D eigenvalue weighted by atomic mass is 10.6. The summed E-state index contributed by atoms with van der Waals surface area (Å²) in [5.74, 6) is 0.383. The maximum absolute atomic E-state index is 11.9. The van der Waals surface area contributed by atoms with Crippen LogP contribution >= 0.6 is 0 Å². The molecule has 0 aliphatic rings. The lowest BCUT2D eigenvalue weighted by Gasteiger charge is -2.01. The molecule has 0 aliphatic carbocycles. The summed E-state index contributed by atoms with van der Waals surface area (Å²) in [6, 6.07) is 0. The summed E-state index contributed by atoms with van der Waals surface area (Å²) in [7, 11) is -1.95. The molecule has 9 nitrogen and oxygen atoms in total. The second-order valence-corrected chi connectivity index (χ2v) is 5.59. The number of sulfonamides is 1. The summed E-state index contributed by atoms with van der Waals surface area (Å²) in [6.07, 6.45) is 4.07. The molecule has 0 amide bonds. The number of nitrogens with one attached hydrogen (secondary N) is 1. The predicted octanol–water partition coefficient (Wildman–Crippen LogP) is -1.52. The maximum atomic E-state index is 11.9. The molecule has 0 spiro atoms. The highest BCUT2D eigenvalue weighted by Crippen LogP contribution is 2.07. The van der Waals surface area contributed by atoms with Crippen LogP contribution < -0.4 is 4.72 Å². The van der Waals surface area contributed by atoms with E-state index >= 15 is 0 Å². The van der Waals surface area contributed by atoms with Gasteiger partial charge in [-0.05, 0) is 0 Å². The van der Waals surface area contributed by atoms with Crippen molar-refractivity contribution in [2.45, 2.75) is 18.0 Å². The van der Waals surface area contributed by atoms with Gasteiger partial charge in [0.15, 0.2) is 5.82 Å². The summed E-state index contributed by atoms with van der Waals surface area (Å²) >= 11 is 0. The number of aryl methyl sites for hydroxylation is 1. The van der Waals surface area contributed by atoms with Gasteiger partial charge >= 0.3 is 0 Å². The van der Waals surface area contributed by atoms with E-state index in [9.17, 15) is 8.42 Å². The van der Waals surface area contributed by atoms with Crippen molar-refractivity contribution in [2.75, 3.05) is 6.61 Å². The first kappa shape index (κ1) is 13.6. The van der Waals surface area contributed by atoms with E-state index in [0.717, 1.165) is 0 Å². The minimum Gasteiger partial charge on any atom is -0.394 e. The number of aromatic nitrogens is 5. The van der Waals surface area contributed by atoms with Crippen LogP contribution in [0.4, 0.5) is 0 Å². The summed E-state index contributed by atoms with van der Waals surface area (Å²) in [5, 5.41) is 16.5. The lowest BCUT2D eigenvalue weighted by Crippen LogP contribution is -2.23. The molecule has 0 bridgehead atoms. The smallest absolute Gasteiger partial charge is 0.244 e. The predicted molar refractivity (Wildman–Crippen MR) is 64.3 cm³/mol. The highest BCUT2D eigenvalue weighted by molar-refractivity contribution is 7.89. The van der Waals surface area contributed by atoms with Crippen molar-refractivity contribution >= 4 is 10.0 Å². The third-order valence-electron chi connectivity index (χ3n) is 2.32. The first-order valence-corrected chi connectivity index (χ1v) is 6.97. The molecule has 19 heavy (non-hydrogen) atoms. The van der Waals surface area contributed by atoms with Crippen molar-refractivity contribution in [3.63, 3.8) is 0 Å². The number of aliphatic hydroxyl groups is 1. The Kier molecular flexibility index (Phi) is 3.93.